The van der Waals surface area contributed by atoms with E-state index in [4.69, 9.17) is 4.42 Å². The Morgan fingerprint density at radius 2 is 1.96 bits per heavy atom. The molecule has 25 heavy (non-hydrogen) atoms. The molecule has 3 aromatic rings. The molecular weight excluding hydrogens is 325 g/mol. The van der Waals surface area contributed by atoms with Gasteiger partial charge in [-0.05, 0) is 42.5 Å². The molecule has 0 atom stereocenters. The number of hydrogen-bond acceptors (Lipinski definition) is 3. The van der Waals surface area contributed by atoms with Crippen LogP contribution in [0.5, 0.6) is 0 Å². The largest absolute Gasteiger partial charge is 0.459 e. The summed E-state index contributed by atoms with van der Waals surface area (Å²) in [5, 5.41) is 2.66. The molecule has 0 unspecified atom stereocenters. The van der Waals surface area contributed by atoms with Crippen molar-refractivity contribution in [3.05, 3.63) is 72.7 Å². The highest BCUT2D eigenvalue weighted by Gasteiger charge is 2.17. The van der Waals surface area contributed by atoms with Crippen molar-refractivity contribution in [2.45, 2.75) is 0 Å². The van der Waals surface area contributed by atoms with Gasteiger partial charge in [0.05, 0.1) is 18.5 Å². The van der Waals surface area contributed by atoms with Crippen LogP contribution in [0.25, 0.3) is 5.69 Å². The van der Waals surface area contributed by atoms with Crippen LogP contribution in [0.1, 0.15) is 10.6 Å². The molecule has 0 saturated heterocycles. The second-order valence-corrected chi connectivity index (χ2v) is 5.44. The number of furan rings is 1. The Balaban J connectivity index is 1.67. The lowest BCUT2D eigenvalue weighted by molar-refractivity contribution is -0.116. The van der Waals surface area contributed by atoms with Crippen LogP contribution in [-0.2, 0) is 4.79 Å². The molecule has 0 aliphatic carbocycles. The quantitative estimate of drug-likeness (QED) is 0.776. The molecule has 0 saturated carbocycles. The molecule has 128 valence electrons. The highest BCUT2D eigenvalue weighted by atomic mass is 19.1. The molecule has 1 aromatic carbocycles. The van der Waals surface area contributed by atoms with Crippen LogP contribution < -0.4 is 5.32 Å². The monoisotopic (exact) mass is 341 g/mol. The molecular formula is C18H16FN3O3. The van der Waals surface area contributed by atoms with E-state index >= 15 is 0 Å². The Kier molecular flexibility index (Phi) is 4.65. The summed E-state index contributed by atoms with van der Waals surface area (Å²) in [6.45, 7) is -0.157. The van der Waals surface area contributed by atoms with Gasteiger partial charge >= 0.3 is 0 Å². The van der Waals surface area contributed by atoms with Gasteiger partial charge in [0.2, 0.25) is 5.91 Å². The number of halogens is 1. The second-order valence-electron chi connectivity index (χ2n) is 5.44. The molecule has 0 aliphatic rings. The van der Waals surface area contributed by atoms with E-state index in [1.807, 2.05) is 0 Å². The zero-order valence-corrected chi connectivity index (χ0v) is 13.5. The second kappa shape index (κ2) is 7.04. The van der Waals surface area contributed by atoms with Gasteiger partial charge in [0.1, 0.15) is 5.82 Å². The molecule has 2 amide bonds. The average molecular weight is 341 g/mol. The lowest BCUT2D eigenvalue weighted by Gasteiger charge is -2.16. The fourth-order valence-electron chi connectivity index (χ4n) is 2.36. The molecule has 3 rings (SSSR count). The van der Waals surface area contributed by atoms with E-state index in [2.05, 4.69) is 5.32 Å². The molecule has 0 spiro atoms. The number of nitrogens with one attached hydrogen (secondary N) is 1. The number of benzene rings is 1. The molecule has 7 heteroatoms. The number of amides is 2. The highest BCUT2D eigenvalue weighted by molar-refractivity contribution is 5.98. The van der Waals surface area contributed by atoms with Crippen molar-refractivity contribution in [2.24, 2.45) is 0 Å². The first-order valence-electron chi connectivity index (χ1n) is 7.56. The third-order valence-corrected chi connectivity index (χ3v) is 3.57. The molecule has 0 aliphatic heterocycles. The van der Waals surface area contributed by atoms with Crippen molar-refractivity contribution >= 4 is 17.5 Å². The number of rotatable bonds is 5. The van der Waals surface area contributed by atoms with Crippen LogP contribution >= 0.6 is 0 Å². The van der Waals surface area contributed by atoms with E-state index in [0.717, 1.165) is 0 Å². The Morgan fingerprint density at radius 1 is 1.20 bits per heavy atom. The first-order chi connectivity index (χ1) is 12.0. The van der Waals surface area contributed by atoms with Crippen LogP contribution in [0.15, 0.2) is 65.5 Å². The minimum absolute atomic E-state index is 0.157. The summed E-state index contributed by atoms with van der Waals surface area (Å²) in [4.78, 5) is 25.4. The fourth-order valence-corrected chi connectivity index (χ4v) is 2.36. The lowest BCUT2D eigenvalue weighted by atomic mass is 10.2. The van der Waals surface area contributed by atoms with Crippen molar-refractivity contribution < 1.29 is 18.4 Å². The normalized spacial score (nSPS) is 10.5. The van der Waals surface area contributed by atoms with E-state index in [-0.39, 0.29) is 12.3 Å². The van der Waals surface area contributed by atoms with Gasteiger partial charge in [-0.3, -0.25) is 9.59 Å². The molecule has 2 aromatic heterocycles. The fraction of sp³-hybridized carbons (Fsp3) is 0.111. The summed E-state index contributed by atoms with van der Waals surface area (Å²) in [5.74, 6) is -1.04. The number of carbonyl (C=O) groups excluding carboxylic acids is 2. The van der Waals surface area contributed by atoms with Crippen LogP contribution in [0, 0.1) is 5.82 Å². The SMILES string of the molecule is CN(CC(=O)Nc1ccc(F)c(-n2cccc2)c1)C(=O)c1ccco1. The lowest BCUT2D eigenvalue weighted by Crippen LogP contribution is -2.34. The van der Waals surface area contributed by atoms with Crippen LogP contribution in [-0.4, -0.2) is 34.9 Å². The molecule has 2 heterocycles. The molecule has 0 bridgehead atoms. The standard InChI is InChI=1S/C18H16FN3O3/c1-21(18(24)16-5-4-10-25-16)12-17(23)20-13-6-7-14(19)15(11-13)22-8-2-3-9-22/h2-11H,12H2,1H3,(H,20,23). The summed E-state index contributed by atoms with van der Waals surface area (Å²) >= 11 is 0. The average Bonchev–Trinajstić information content (AvgIpc) is 3.29. The van der Waals surface area contributed by atoms with Crippen LogP contribution in [0.4, 0.5) is 10.1 Å². The van der Waals surface area contributed by atoms with Gasteiger partial charge in [0.15, 0.2) is 5.76 Å². The molecule has 6 nitrogen and oxygen atoms in total. The topological polar surface area (TPSA) is 67.5 Å². The van der Waals surface area contributed by atoms with Gasteiger partial charge in [0, 0.05) is 25.1 Å². The number of nitrogens with zero attached hydrogens (tertiary/aromatic N) is 2. The Labute approximate surface area is 143 Å². The Morgan fingerprint density at radius 3 is 2.64 bits per heavy atom. The van der Waals surface area contributed by atoms with Crippen molar-refractivity contribution in [1.82, 2.24) is 9.47 Å². The van der Waals surface area contributed by atoms with Gasteiger partial charge in [0.25, 0.3) is 5.91 Å². The summed E-state index contributed by atoms with van der Waals surface area (Å²) in [6.07, 6.45) is 4.81. The summed E-state index contributed by atoms with van der Waals surface area (Å²) in [7, 11) is 1.50. The highest BCUT2D eigenvalue weighted by Crippen LogP contribution is 2.19. The minimum atomic E-state index is -0.403. The number of carbonyl (C=O) groups is 2. The van der Waals surface area contributed by atoms with Gasteiger partial charge in [-0.15, -0.1) is 0 Å². The molecule has 0 fully saturated rings. The van der Waals surface area contributed by atoms with Gasteiger partial charge < -0.3 is 19.2 Å². The zero-order chi connectivity index (χ0) is 17.8. The van der Waals surface area contributed by atoms with Crippen molar-refractivity contribution in [3.63, 3.8) is 0 Å². The Hall–Kier alpha value is -3.35. The van der Waals surface area contributed by atoms with Crippen LogP contribution in [0.2, 0.25) is 0 Å². The third kappa shape index (κ3) is 3.77. The van der Waals surface area contributed by atoms with E-state index in [1.54, 1.807) is 35.2 Å². The number of aromatic nitrogens is 1. The van der Waals surface area contributed by atoms with Gasteiger partial charge in [-0.2, -0.15) is 0 Å². The predicted molar refractivity (Wildman–Crippen MR) is 90.0 cm³/mol. The molecule has 0 radical (unpaired) electrons. The minimum Gasteiger partial charge on any atom is -0.459 e. The zero-order valence-electron chi connectivity index (χ0n) is 13.5. The van der Waals surface area contributed by atoms with Crippen molar-refractivity contribution in [3.8, 4) is 5.69 Å². The first-order valence-corrected chi connectivity index (χ1v) is 7.56. The van der Waals surface area contributed by atoms with Crippen molar-refractivity contribution in [1.29, 1.82) is 0 Å². The maximum atomic E-state index is 13.9. The number of anilines is 1. The van der Waals surface area contributed by atoms with E-state index in [1.165, 1.54) is 42.5 Å². The maximum absolute atomic E-state index is 13.9. The first kappa shape index (κ1) is 16.5. The number of likely N-dealkylation sites (N-methyl/N-ethyl adjacent to an activating group) is 1. The van der Waals surface area contributed by atoms with E-state index in [0.29, 0.717) is 11.4 Å². The Bertz CT molecular complexity index is 873. The number of hydrogen-bond donors (Lipinski definition) is 1. The third-order valence-electron chi connectivity index (χ3n) is 3.57. The summed E-state index contributed by atoms with van der Waals surface area (Å²) in [6, 6.07) is 11.0. The summed E-state index contributed by atoms with van der Waals surface area (Å²) in [5.41, 5.74) is 0.761. The molecule has 1 N–H and O–H groups in total. The summed E-state index contributed by atoms with van der Waals surface area (Å²) < 4.78 is 20.6. The predicted octanol–water partition coefficient (Wildman–Crippen LogP) is 2.92. The van der Waals surface area contributed by atoms with Crippen LogP contribution in [0.3, 0.4) is 0 Å². The van der Waals surface area contributed by atoms with E-state index < -0.39 is 17.6 Å². The van der Waals surface area contributed by atoms with Gasteiger partial charge in [-0.25, -0.2) is 4.39 Å². The van der Waals surface area contributed by atoms with Gasteiger partial charge in [-0.1, -0.05) is 0 Å². The smallest absolute Gasteiger partial charge is 0.289 e. The van der Waals surface area contributed by atoms with E-state index in [9.17, 15) is 14.0 Å². The maximum Gasteiger partial charge on any atom is 0.289 e. The van der Waals surface area contributed by atoms with Crippen molar-refractivity contribution in [2.75, 3.05) is 18.9 Å².